The lowest BCUT2D eigenvalue weighted by molar-refractivity contribution is 0.0909. The van der Waals surface area contributed by atoms with Crippen molar-refractivity contribution in [3.05, 3.63) is 17.5 Å². The van der Waals surface area contributed by atoms with Crippen LogP contribution in [0.3, 0.4) is 0 Å². The number of aliphatic hydroxyl groups is 1. The molecule has 2 rings (SSSR count). The first kappa shape index (κ1) is 10.4. The maximum atomic E-state index is 11.8. The molecule has 4 nitrogen and oxygen atoms in total. The standard InChI is InChI=1S/C11H16N2O2/c1-11(2)5-9-8(10(15)6-11)7-12-13(9)3-4-14/h7,14H,3-6H2,1-2H3. The van der Waals surface area contributed by atoms with E-state index in [2.05, 4.69) is 18.9 Å². The van der Waals surface area contributed by atoms with E-state index in [9.17, 15) is 4.79 Å². The third-order valence-electron chi connectivity index (χ3n) is 2.85. The second-order valence-electron chi connectivity index (χ2n) is 4.89. The van der Waals surface area contributed by atoms with Crippen LogP contribution in [0, 0.1) is 5.41 Å². The van der Waals surface area contributed by atoms with Gasteiger partial charge in [-0.3, -0.25) is 9.48 Å². The third kappa shape index (κ3) is 1.81. The molecule has 0 spiro atoms. The Kier molecular flexibility index (Phi) is 2.38. The van der Waals surface area contributed by atoms with Gasteiger partial charge in [0.2, 0.25) is 0 Å². The largest absolute Gasteiger partial charge is 0.394 e. The van der Waals surface area contributed by atoms with Crippen molar-refractivity contribution >= 4 is 5.78 Å². The van der Waals surface area contributed by atoms with Crippen LogP contribution < -0.4 is 0 Å². The second kappa shape index (κ2) is 3.45. The Bertz CT molecular complexity index is 393. The van der Waals surface area contributed by atoms with Crippen molar-refractivity contribution in [2.75, 3.05) is 6.61 Å². The minimum Gasteiger partial charge on any atom is -0.394 e. The highest BCUT2D eigenvalue weighted by Crippen LogP contribution is 2.34. The minimum atomic E-state index is 0.0112. The van der Waals surface area contributed by atoms with Crippen LogP contribution in [0.2, 0.25) is 0 Å². The van der Waals surface area contributed by atoms with Crippen molar-refractivity contribution in [1.82, 2.24) is 9.78 Å². The van der Waals surface area contributed by atoms with E-state index >= 15 is 0 Å². The van der Waals surface area contributed by atoms with Crippen molar-refractivity contribution in [2.24, 2.45) is 5.41 Å². The van der Waals surface area contributed by atoms with Crippen LogP contribution in [-0.2, 0) is 13.0 Å². The maximum absolute atomic E-state index is 11.8. The number of hydrogen-bond acceptors (Lipinski definition) is 3. The van der Waals surface area contributed by atoms with E-state index in [1.54, 1.807) is 10.9 Å². The van der Waals surface area contributed by atoms with Gasteiger partial charge >= 0.3 is 0 Å². The molecular weight excluding hydrogens is 192 g/mol. The first-order valence-electron chi connectivity index (χ1n) is 5.22. The van der Waals surface area contributed by atoms with E-state index in [1.165, 1.54) is 0 Å². The van der Waals surface area contributed by atoms with E-state index in [0.717, 1.165) is 17.7 Å². The van der Waals surface area contributed by atoms with Gasteiger partial charge in [-0.1, -0.05) is 13.8 Å². The lowest BCUT2D eigenvalue weighted by Gasteiger charge is -2.28. The molecule has 1 aromatic rings. The van der Waals surface area contributed by atoms with Gasteiger partial charge in [-0.05, 0) is 11.8 Å². The number of aliphatic hydroxyl groups excluding tert-OH is 1. The zero-order valence-corrected chi connectivity index (χ0v) is 9.16. The molecular formula is C11H16N2O2. The number of aromatic nitrogens is 2. The molecule has 0 aliphatic heterocycles. The molecule has 0 bridgehead atoms. The molecule has 0 amide bonds. The average Bonchev–Trinajstić information content (AvgIpc) is 2.47. The summed E-state index contributed by atoms with van der Waals surface area (Å²) in [5, 5.41) is 13.0. The number of carbonyl (C=O) groups is 1. The Balaban J connectivity index is 2.40. The molecule has 0 saturated heterocycles. The van der Waals surface area contributed by atoms with Gasteiger partial charge in [0.05, 0.1) is 24.9 Å². The van der Waals surface area contributed by atoms with Crippen LogP contribution in [0.5, 0.6) is 0 Å². The van der Waals surface area contributed by atoms with Crippen molar-refractivity contribution in [1.29, 1.82) is 0 Å². The molecule has 1 aromatic heterocycles. The molecule has 1 aliphatic carbocycles. The van der Waals surface area contributed by atoms with E-state index in [0.29, 0.717) is 13.0 Å². The Morgan fingerprint density at radius 3 is 2.93 bits per heavy atom. The Hall–Kier alpha value is -1.16. The third-order valence-corrected chi connectivity index (χ3v) is 2.85. The SMILES string of the molecule is CC1(C)CC(=O)c2cnn(CCO)c2C1. The highest BCUT2D eigenvalue weighted by Gasteiger charge is 2.33. The molecule has 15 heavy (non-hydrogen) atoms. The monoisotopic (exact) mass is 208 g/mol. The number of hydrogen-bond donors (Lipinski definition) is 1. The lowest BCUT2D eigenvalue weighted by Crippen LogP contribution is -2.28. The van der Waals surface area contributed by atoms with Crippen molar-refractivity contribution < 1.29 is 9.90 Å². The van der Waals surface area contributed by atoms with Crippen LogP contribution in [0.25, 0.3) is 0 Å². The molecule has 0 unspecified atom stereocenters. The molecule has 0 aromatic carbocycles. The number of Topliss-reactive ketones (excluding diaryl/α,β-unsaturated/α-hetero) is 1. The topological polar surface area (TPSA) is 55.1 Å². The van der Waals surface area contributed by atoms with Crippen molar-refractivity contribution in [3.8, 4) is 0 Å². The van der Waals surface area contributed by atoms with Gasteiger partial charge in [-0.25, -0.2) is 0 Å². The van der Waals surface area contributed by atoms with E-state index in [1.807, 2.05) is 0 Å². The Morgan fingerprint density at radius 1 is 1.53 bits per heavy atom. The summed E-state index contributed by atoms with van der Waals surface area (Å²) in [4.78, 5) is 11.8. The lowest BCUT2D eigenvalue weighted by atomic mass is 9.76. The van der Waals surface area contributed by atoms with Crippen LogP contribution in [0.4, 0.5) is 0 Å². The Labute approximate surface area is 88.9 Å². The summed E-state index contributed by atoms with van der Waals surface area (Å²) < 4.78 is 1.74. The molecule has 0 saturated carbocycles. The quantitative estimate of drug-likeness (QED) is 0.789. The average molecular weight is 208 g/mol. The first-order valence-corrected chi connectivity index (χ1v) is 5.22. The predicted molar refractivity (Wildman–Crippen MR) is 55.7 cm³/mol. The van der Waals surface area contributed by atoms with E-state index < -0.39 is 0 Å². The minimum absolute atomic E-state index is 0.0112. The highest BCUT2D eigenvalue weighted by atomic mass is 16.3. The summed E-state index contributed by atoms with van der Waals surface area (Å²) in [7, 11) is 0. The van der Waals surface area contributed by atoms with Gasteiger partial charge in [0, 0.05) is 12.1 Å². The fraction of sp³-hybridized carbons (Fsp3) is 0.636. The van der Waals surface area contributed by atoms with Crippen molar-refractivity contribution in [3.63, 3.8) is 0 Å². The second-order valence-corrected chi connectivity index (χ2v) is 4.89. The van der Waals surface area contributed by atoms with Gasteiger partial charge in [0.15, 0.2) is 5.78 Å². The zero-order valence-electron chi connectivity index (χ0n) is 9.16. The van der Waals surface area contributed by atoms with Crippen LogP contribution in [0.15, 0.2) is 6.20 Å². The van der Waals surface area contributed by atoms with Crippen LogP contribution in [-0.4, -0.2) is 27.3 Å². The van der Waals surface area contributed by atoms with Gasteiger partial charge < -0.3 is 5.11 Å². The van der Waals surface area contributed by atoms with E-state index in [4.69, 9.17) is 5.11 Å². The van der Waals surface area contributed by atoms with Crippen molar-refractivity contribution in [2.45, 2.75) is 33.2 Å². The summed E-state index contributed by atoms with van der Waals surface area (Å²) >= 11 is 0. The first-order chi connectivity index (χ1) is 7.03. The van der Waals surface area contributed by atoms with Gasteiger partial charge in [-0.2, -0.15) is 5.10 Å². The molecule has 1 aliphatic rings. The Morgan fingerprint density at radius 2 is 2.27 bits per heavy atom. The number of carbonyl (C=O) groups excluding carboxylic acids is 1. The fourth-order valence-electron chi connectivity index (χ4n) is 2.16. The van der Waals surface area contributed by atoms with Gasteiger partial charge in [0.25, 0.3) is 0 Å². The molecule has 1 heterocycles. The number of ketones is 1. The van der Waals surface area contributed by atoms with E-state index in [-0.39, 0.29) is 17.8 Å². The summed E-state index contributed by atoms with van der Waals surface area (Å²) in [6.07, 6.45) is 3.07. The van der Waals surface area contributed by atoms with Crippen LogP contribution >= 0.6 is 0 Å². The highest BCUT2D eigenvalue weighted by molar-refractivity contribution is 5.98. The summed E-state index contributed by atoms with van der Waals surface area (Å²) in [6, 6.07) is 0. The van der Waals surface area contributed by atoms with Gasteiger partial charge in [-0.15, -0.1) is 0 Å². The molecule has 1 N–H and O–H groups in total. The molecule has 4 heteroatoms. The maximum Gasteiger partial charge on any atom is 0.166 e. The number of rotatable bonds is 2. The van der Waals surface area contributed by atoms with Gasteiger partial charge in [0.1, 0.15) is 0 Å². The number of nitrogens with zero attached hydrogens (tertiary/aromatic N) is 2. The van der Waals surface area contributed by atoms with Crippen LogP contribution in [0.1, 0.15) is 36.3 Å². The normalized spacial score (nSPS) is 19.0. The number of fused-ring (bicyclic) bond motifs is 1. The summed E-state index contributed by atoms with van der Waals surface area (Å²) in [5.74, 6) is 0.172. The molecule has 82 valence electrons. The zero-order chi connectivity index (χ0) is 11.1. The molecule has 0 radical (unpaired) electrons. The molecule has 0 atom stereocenters. The molecule has 0 fully saturated rings. The predicted octanol–water partition coefficient (Wildman–Crippen LogP) is 1.03. The fourth-order valence-corrected chi connectivity index (χ4v) is 2.16. The smallest absolute Gasteiger partial charge is 0.166 e. The summed E-state index contributed by atoms with van der Waals surface area (Å²) in [6.45, 7) is 4.70. The summed E-state index contributed by atoms with van der Waals surface area (Å²) in [5.41, 5.74) is 1.73.